The van der Waals surface area contributed by atoms with E-state index in [1.54, 1.807) is 6.20 Å². The minimum Gasteiger partial charge on any atom is -0.383 e. The van der Waals surface area contributed by atoms with Crippen LogP contribution in [0.25, 0.3) is 11.0 Å². The summed E-state index contributed by atoms with van der Waals surface area (Å²) >= 11 is 0. The van der Waals surface area contributed by atoms with Gasteiger partial charge in [-0.2, -0.15) is 5.10 Å². The van der Waals surface area contributed by atoms with E-state index in [2.05, 4.69) is 30.1 Å². The van der Waals surface area contributed by atoms with E-state index in [1.807, 2.05) is 0 Å². The number of hydrogen-bond donors (Lipinski definition) is 3. The van der Waals surface area contributed by atoms with E-state index in [-0.39, 0.29) is 23.1 Å². The Bertz CT molecular complexity index is 685. The van der Waals surface area contributed by atoms with Crippen LogP contribution in [0.3, 0.4) is 0 Å². The van der Waals surface area contributed by atoms with Crippen LogP contribution in [-0.2, 0) is 0 Å². The van der Waals surface area contributed by atoms with Crippen molar-refractivity contribution in [2.24, 2.45) is 0 Å². The van der Waals surface area contributed by atoms with Gasteiger partial charge in [0, 0.05) is 12.4 Å². The molecule has 8 heteroatoms. The lowest BCUT2D eigenvalue weighted by Gasteiger charge is -1.96. The average molecular weight is 229 g/mol. The number of nitrogens with two attached hydrogens (primary N) is 1. The molecule has 0 atom stereocenters. The van der Waals surface area contributed by atoms with E-state index < -0.39 is 0 Å². The number of nitrogens with one attached hydrogen (secondary N) is 2. The SMILES string of the molecule is Nc1ncnc2[nH]nc(C(=O)c3ncc[nH]3)c12. The largest absolute Gasteiger partial charge is 0.383 e. The number of carbonyl (C=O) groups is 1. The fourth-order valence-corrected chi connectivity index (χ4v) is 1.55. The Morgan fingerprint density at radius 3 is 2.94 bits per heavy atom. The minimum absolute atomic E-state index is 0.160. The molecule has 0 aliphatic heterocycles. The van der Waals surface area contributed by atoms with Crippen LogP contribution in [0.15, 0.2) is 18.7 Å². The second-order valence-corrected chi connectivity index (χ2v) is 3.32. The molecule has 3 aromatic rings. The number of ketones is 1. The Morgan fingerprint density at radius 2 is 2.18 bits per heavy atom. The molecular weight excluding hydrogens is 222 g/mol. The van der Waals surface area contributed by atoms with Crippen molar-refractivity contribution in [3.63, 3.8) is 0 Å². The van der Waals surface area contributed by atoms with Gasteiger partial charge in [0.15, 0.2) is 11.5 Å². The number of hydrogen-bond acceptors (Lipinski definition) is 6. The number of carbonyl (C=O) groups excluding carboxylic acids is 1. The first-order chi connectivity index (χ1) is 8.27. The van der Waals surface area contributed by atoms with Gasteiger partial charge in [-0.05, 0) is 0 Å². The smallest absolute Gasteiger partial charge is 0.249 e. The highest BCUT2D eigenvalue weighted by Crippen LogP contribution is 2.20. The second-order valence-electron chi connectivity index (χ2n) is 3.32. The van der Waals surface area contributed by atoms with Gasteiger partial charge in [-0.15, -0.1) is 0 Å². The highest BCUT2D eigenvalue weighted by molar-refractivity contribution is 6.14. The lowest BCUT2D eigenvalue weighted by atomic mass is 10.2. The van der Waals surface area contributed by atoms with Crippen LogP contribution < -0.4 is 5.73 Å². The van der Waals surface area contributed by atoms with E-state index in [0.29, 0.717) is 11.0 Å². The van der Waals surface area contributed by atoms with Gasteiger partial charge in [-0.1, -0.05) is 0 Å². The van der Waals surface area contributed by atoms with Gasteiger partial charge in [-0.3, -0.25) is 9.89 Å². The summed E-state index contributed by atoms with van der Waals surface area (Å²) in [5.74, 6) is 0.0445. The number of nitrogens with zero attached hydrogens (tertiary/aromatic N) is 4. The van der Waals surface area contributed by atoms with Crippen LogP contribution >= 0.6 is 0 Å². The maximum absolute atomic E-state index is 12.0. The van der Waals surface area contributed by atoms with Gasteiger partial charge in [-0.25, -0.2) is 15.0 Å². The Morgan fingerprint density at radius 1 is 1.29 bits per heavy atom. The topological polar surface area (TPSA) is 126 Å². The van der Waals surface area contributed by atoms with Gasteiger partial charge < -0.3 is 10.7 Å². The number of rotatable bonds is 2. The zero-order chi connectivity index (χ0) is 11.8. The molecule has 3 heterocycles. The quantitative estimate of drug-likeness (QED) is 0.526. The molecule has 0 saturated carbocycles. The van der Waals surface area contributed by atoms with Crippen molar-refractivity contribution < 1.29 is 4.79 Å². The normalized spacial score (nSPS) is 10.8. The first-order valence-electron chi connectivity index (χ1n) is 4.76. The molecule has 3 rings (SSSR count). The number of anilines is 1. The molecule has 17 heavy (non-hydrogen) atoms. The van der Waals surface area contributed by atoms with E-state index in [9.17, 15) is 4.79 Å². The molecule has 3 aromatic heterocycles. The van der Waals surface area contributed by atoms with Crippen LogP contribution in [0.4, 0.5) is 5.82 Å². The van der Waals surface area contributed by atoms with Crippen molar-refractivity contribution >= 4 is 22.6 Å². The molecule has 0 amide bonds. The maximum Gasteiger partial charge on any atom is 0.249 e. The molecular formula is C9H7N7O. The summed E-state index contributed by atoms with van der Waals surface area (Å²) in [6.45, 7) is 0. The zero-order valence-electron chi connectivity index (χ0n) is 8.51. The number of fused-ring (bicyclic) bond motifs is 1. The number of aromatic amines is 2. The number of imidazole rings is 1. The summed E-state index contributed by atoms with van der Waals surface area (Å²) in [4.78, 5) is 26.4. The molecule has 0 saturated heterocycles. The third-order valence-corrected chi connectivity index (χ3v) is 2.32. The molecule has 0 spiro atoms. The molecule has 0 aromatic carbocycles. The maximum atomic E-state index is 12.0. The predicted octanol–water partition coefficient (Wildman–Crippen LogP) is -0.111. The Kier molecular flexibility index (Phi) is 1.87. The van der Waals surface area contributed by atoms with Gasteiger partial charge in [0.25, 0.3) is 0 Å². The summed E-state index contributed by atoms with van der Waals surface area (Å²) in [7, 11) is 0. The zero-order valence-corrected chi connectivity index (χ0v) is 8.51. The highest BCUT2D eigenvalue weighted by atomic mass is 16.1. The Balaban J connectivity index is 2.22. The molecule has 0 fully saturated rings. The summed E-state index contributed by atoms with van der Waals surface area (Å²) in [5.41, 5.74) is 6.28. The van der Waals surface area contributed by atoms with Crippen molar-refractivity contribution in [1.29, 1.82) is 0 Å². The van der Waals surface area contributed by atoms with E-state index >= 15 is 0 Å². The lowest BCUT2D eigenvalue weighted by Crippen LogP contribution is -2.06. The van der Waals surface area contributed by atoms with E-state index in [0.717, 1.165) is 0 Å². The van der Waals surface area contributed by atoms with Crippen LogP contribution in [0, 0.1) is 0 Å². The lowest BCUT2D eigenvalue weighted by molar-refractivity contribution is 0.102. The average Bonchev–Trinajstić information content (AvgIpc) is 2.98. The third-order valence-electron chi connectivity index (χ3n) is 2.32. The number of H-pyrrole nitrogens is 2. The van der Waals surface area contributed by atoms with Gasteiger partial charge in [0.1, 0.15) is 17.8 Å². The van der Waals surface area contributed by atoms with Crippen LogP contribution in [0.5, 0.6) is 0 Å². The molecule has 8 nitrogen and oxygen atoms in total. The predicted molar refractivity (Wildman–Crippen MR) is 58.1 cm³/mol. The molecule has 0 bridgehead atoms. The van der Waals surface area contributed by atoms with Gasteiger partial charge in [0.05, 0.1) is 5.39 Å². The molecule has 0 aliphatic rings. The minimum atomic E-state index is -0.359. The van der Waals surface area contributed by atoms with Crippen molar-refractivity contribution in [3.05, 3.63) is 30.2 Å². The molecule has 0 aliphatic carbocycles. The molecule has 4 N–H and O–H groups in total. The Labute approximate surface area is 94.3 Å². The monoisotopic (exact) mass is 229 g/mol. The van der Waals surface area contributed by atoms with Crippen LogP contribution in [0.1, 0.15) is 16.3 Å². The van der Waals surface area contributed by atoms with Crippen molar-refractivity contribution in [3.8, 4) is 0 Å². The summed E-state index contributed by atoms with van der Waals surface area (Å²) in [5, 5.41) is 6.93. The van der Waals surface area contributed by atoms with E-state index in [1.165, 1.54) is 12.5 Å². The van der Waals surface area contributed by atoms with Gasteiger partial charge in [0.2, 0.25) is 5.78 Å². The van der Waals surface area contributed by atoms with Crippen molar-refractivity contribution in [2.75, 3.05) is 5.73 Å². The number of aromatic nitrogens is 6. The second kappa shape index (κ2) is 3.37. The van der Waals surface area contributed by atoms with E-state index in [4.69, 9.17) is 5.73 Å². The summed E-state index contributed by atoms with van der Waals surface area (Å²) < 4.78 is 0. The van der Waals surface area contributed by atoms with Crippen LogP contribution in [0.2, 0.25) is 0 Å². The third kappa shape index (κ3) is 1.34. The molecule has 0 unspecified atom stereocenters. The fourth-order valence-electron chi connectivity index (χ4n) is 1.55. The first-order valence-corrected chi connectivity index (χ1v) is 4.76. The van der Waals surface area contributed by atoms with Crippen molar-refractivity contribution in [1.82, 2.24) is 30.1 Å². The molecule has 84 valence electrons. The summed E-state index contributed by atoms with van der Waals surface area (Å²) in [6.07, 6.45) is 4.35. The highest BCUT2D eigenvalue weighted by Gasteiger charge is 2.20. The molecule has 0 radical (unpaired) electrons. The first kappa shape index (κ1) is 9.46. The van der Waals surface area contributed by atoms with Gasteiger partial charge >= 0.3 is 0 Å². The van der Waals surface area contributed by atoms with Crippen molar-refractivity contribution in [2.45, 2.75) is 0 Å². The number of nitrogen functional groups attached to an aromatic ring is 1. The summed E-state index contributed by atoms with van der Waals surface area (Å²) in [6, 6.07) is 0. The van der Waals surface area contributed by atoms with Crippen LogP contribution in [-0.4, -0.2) is 35.9 Å². The standard InChI is InChI=1S/C9H7N7O/c10-7-4-5(6(17)9-11-1-2-12-9)15-16-8(4)14-3-13-7/h1-3H,(H,11,12)(H3,10,13,14,15,16). The Hall–Kier alpha value is -2.77. The fraction of sp³-hybridized carbons (Fsp3) is 0.